The van der Waals surface area contributed by atoms with Crippen LogP contribution in [0.1, 0.15) is 20.8 Å². The highest BCUT2D eigenvalue weighted by molar-refractivity contribution is 7.91. The van der Waals surface area contributed by atoms with Crippen LogP contribution >= 0.6 is 0 Å². The van der Waals surface area contributed by atoms with Crippen LogP contribution in [0.25, 0.3) is 0 Å². The monoisotopic (exact) mass is 316 g/mol. The molecule has 0 aliphatic heterocycles. The molecular formula is C17H20N2O2S. The Morgan fingerprint density at radius 1 is 0.955 bits per heavy atom. The van der Waals surface area contributed by atoms with E-state index in [2.05, 4.69) is 24.4 Å². The SMILES string of the molecule is C/C(=N\Nc1ccc(S(=O)(=O)c2ccccc2)cc1)C(C)C. The highest BCUT2D eigenvalue weighted by atomic mass is 32.2. The smallest absolute Gasteiger partial charge is 0.206 e. The topological polar surface area (TPSA) is 58.5 Å². The summed E-state index contributed by atoms with van der Waals surface area (Å²) in [5.41, 5.74) is 4.68. The van der Waals surface area contributed by atoms with Crippen LogP contribution in [0.15, 0.2) is 69.5 Å². The van der Waals surface area contributed by atoms with Crippen LogP contribution < -0.4 is 5.43 Å². The van der Waals surface area contributed by atoms with Gasteiger partial charge in [-0.3, -0.25) is 5.43 Å². The van der Waals surface area contributed by atoms with Crippen LogP contribution in [0.4, 0.5) is 5.69 Å². The summed E-state index contributed by atoms with van der Waals surface area (Å²) in [6.45, 7) is 6.08. The Morgan fingerprint density at radius 2 is 1.50 bits per heavy atom. The summed E-state index contributed by atoms with van der Waals surface area (Å²) in [5, 5.41) is 4.26. The van der Waals surface area contributed by atoms with Gasteiger partial charge in [0.05, 0.1) is 15.5 Å². The average molecular weight is 316 g/mol. The van der Waals surface area contributed by atoms with Crippen LogP contribution in [0.3, 0.4) is 0 Å². The van der Waals surface area contributed by atoms with Crippen molar-refractivity contribution in [2.45, 2.75) is 30.6 Å². The molecule has 2 aromatic rings. The number of hydrazone groups is 1. The van der Waals surface area contributed by atoms with E-state index < -0.39 is 9.84 Å². The number of nitrogens with zero attached hydrogens (tertiary/aromatic N) is 1. The molecule has 0 bridgehead atoms. The number of hydrogen-bond donors (Lipinski definition) is 1. The van der Waals surface area contributed by atoms with E-state index >= 15 is 0 Å². The lowest BCUT2D eigenvalue weighted by Crippen LogP contribution is -2.05. The van der Waals surface area contributed by atoms with Gasteiger partial charge in [-0.05, 0) is 49.2 Å². The highest BCUT2D eigenvalue weighted by Gasteiger charge is 2.16. The van der Waals surface area contributed by atoms with Gasteiger partial charge in [0, 0.05) is 5.71 Å². The summed E-state index contributed by atoms with van der Waals surface area (Å²) in [4.78, 5) is 0.568. The second-order valence-corrected chi connectivity index (χ2v) is 7.31. The maximum absolute atomic E-state index is 12.5. The van der Waals surface area contributed by atoms with Gasteiger partial charge in [-0.2, -0.15) is 5.10 Å². The summed E-state index contributed by atoms with van der Waals surface area (Å²) in [6.07, 6.45) is 0. The standard InChI is InChI=1S/C17H20N2O2S/c1-13(2)14(3)18-19-15-9-11-17(12-10-15)22(20,21)16-7-5-4-6-8-16/h4-13,19H,1-3H3/b18-14+. The molecule has 0 amide bonds. The molecule has 22 heavy (non-hydrogen) atoms. The number of hydrogen-bond acceptors (Lipinski definition) is 4. The number of anilines is 1. The van der Waals surface area contributed by atoms with Crippen LogP contribution in [0, 0.1) is 5.92 Å². The molecular weight excluding hydrogens is 296 g/mol. The van der Waals surface area contributed by atoms with E-state index in [1.807, 2.05) is 6.92 Å². The van der Waals surface area contributed by atoms with Crippen molar-refractivity contribution in [3.63, 3.8) is 0 Å². The van der Waals surface area contributed by atoms with Gasteiger partial charge in [0.2, 0.25) is 9.84 Å². The third-order valence-electron chi connectivity index (χ3n) is 3.42. The largest absolute Gasteiger partial charge is 0.279 e. The summed E-state index contributed by atoms with van der Waals surface area (Å²) in [6, 6.07) is 15.0. The van der Waals surface area contributed by atoms with Gasteiger partial charge < -0.3 is 0 Å². The van der Waals surface area contributed by atoms with Gasteiger partial charge in [-0.25, -0.2) is 8.42 Å². The maximum Gasteiger partial charge on any atom is 0.206 e. The number of benzene rings is 2. The lowest BCUT2D eigenvalue weighted by atomic mass is 10.1. The van der Waals surface area contributed by atoms with E-state index in [-0.39, 0.29) is 4.90 Å². The molecule has 0 heterocycles. The lowest BCUT2D eigenvalue weighted by molar-refractivity contribution is 0.596. The first kappa shape index (κ1) is 16.2. The van der Waals surface area contributed by atoms with E-state index in [9.17, 15) is 8.42 Å². The molecule has 0 aromatic heterocycles. The van der Waals surface area contributed by atoms with Crippen LogP contribution in [0.5, 0.6) is 0 Å². The number of nitrogens with one attached hydrogen (secondary N) is 1. The van der Waals surface area contributed by atoms with Crippen LogP contribution in [-0.4, -0.2) is 14.1 Å². The number of rotatable bonds is 5. The second kappa shape index (κ2) is 6.75. The molecule has 2 rings (SSSR count). The molecule has 1 N–H and O–H groups in total. The molecule has 0 aliphatic rings. The van der Waals surface area contributed by atoms with E-state index in [4.69, 9.17) is 0 Å². The van der Waals surface area contributed by atoms with Crippen molar-refractivity contribution in [2.24, 2.45) is 11.0 Å². The Kier molecular flexibility index (Phi) is 4.98. The molecule has 0 atom stereocenters. The molecule has 0 aliphatic carbocycles. The maximum atomic E-state index is 12.5. The Bertz CT molecular complexity index is 749. The van der Waals surface area contributed by atoms with Crippen molar-refractivity contribution in [3.05, 3.63) is 54.6 Å². The molecule has 2 aromatic carbocycles. The first-order chi connectivity index (χ1) is 10.4. The fourth-order valence-corrected chi connectivity index (χ4v) is 3.01. The minimum atomic E-state index is -3.46. The summed E-state index contributed by atoms with van der Waals surface area (Å²) < 4.78 is 24.9. The molecule has 4 nitrogen and oxygen atoms in total. The van der Waals surface area contributed by atoms with Gasteiger partial charge in [-0.1, -0.05) is 32.0 Å². The molecule has 0 fully saturated rings. The third kappa shape index (κ3) is 3.74. The Hall–Kier alpha value is -2.14. The van der Waals surface area contributed by atoms with Gasteiger partial charge in [0.1, 0.15) is 0 Å². The Labute approximate surface area is 131 Å². The third-order valence-corrected chi connectivity index (χ3v) is 5.20. The predicted octanol–water partition coefficient (Wildman–Crippen LogP) is 3.96. The zero-order chi connectivity index (χ0) is 16.2. The molecule has 0 spiro atoms. The second-order valence-electron chi connectivity index (χ2n) is 5.36. The normalized spacial score (nSPS) is 12.5. The van der Waals surface area contributed by atoms with Gasteiger partial charge in [0.25, 0.3) is 0 Å². The van der Waals surface area contributed by atoms with E-state index in [0.29, 0.717) is 10.8 Å². The van der Waals surface area contributed by atoms with Crippen molar-refractivity contribution >= 4 is 21.2 Å². The molecule has 5 heteroatoms. The molecule has 0 saturated heterocycles. The minimum absolute atomic E-state index is 0.272. The van der Waals surface area contributed by atoms with E-state index in [1.54, 1.807) is 54.6 Å². The predicted molar refractivity (Wildman–Crippen MR) is 89.9 cm³/mol. The highest BCUT2D eigenvalue weighted by Crippen LogP contribution is 2.22. The summed E-state index contributed by atoms with van der Waals surface area (Å²) in [5.74, 6) is 0.366. The average Bonchev–Trinajstić information content (AvgIpc) is 2.53. The van der Waals surface area contributed by atoms with Gasteiger partial charge in [-0.15, -0.1) is 0 Å². The fourth-order valence-electron chi connectivity index (χ4n) is 1.73. The van der Waals surface area contributed by atoms with Crippen LogP contribution in [-0.2, 0) is 9.84 Å². The number of sulfone groups is 1. The first-order valence-electron chi connectivity index (χ1n) is 7.11. The lowest BCUT2D eigenvalue weighted by Gasteiger charge is -2.07. The molecule has 116 valence electrons. The van der Waals surface area contributed by atoms with Crippen molar-refractivity contribution in [1.29, 1.82) is 0 Å². The summed E-state index contributed by atoms with van der Waals surface area (Å²) in [7, 11) is -3.46. The fraction of sp³-hybridized carbons (Fsp3) is 0.235. The van der Waals surface area contributed by atoms with Crippen molar-refractivity contribution in [1.82, 2.24) is 0 Å². The Morgan fingerprint density at radius 3 is 2.05 bits per heavy atom. The van der Waals surface area contributed by atoms with Crippen molar-refractivity contribution in [2.75, 3.05) is 5.43 Å². The zero-order valence-corrected chi connectivity index (χ0v) is 13.8. The van der Waals surface area contributed by atoms with Crippen LogP contribution in [0.2, 0.25) is 0 Å². The Balaban J connectivity index is 2.21. The van der Waals surface area contributed by atoms with E-state index in [0.717, 1.165) is 11.4 Å². The van der Waals surface area contributed by atoms with Gasteiger partial charge in [0.15, 0.2) is 0 Å². The minimum Gasteiger partial charge on any atom is -0.279 e. The van der Waals surface area contributed by atoms with Gasteiger partial charge >= 0.3 is 0 Å². The first-order valence-corrected chi connectivity index (χ1v) is 8.60. The van der Waals surface area contributed by atoms with Crippen molar-refractivity contribution in [3.8, 4) is 0 Å². The molecule has 0 unspecified atom stereocenters. The molecule has 0 radical (unpaired) electrons. The summed E-state index contributed by atoms with van der Waals surface area (Å²) >= 11 is 0. The van der Waals surface area contributed by atoms with Crippen molar-refractivity contribution < 1.29 is 8.42 Å². The quantitative estimate of drug-likeness (QED) is 0.671. The molecule has 0 saturated carbocycles. The van der Waals surface area contributed by atoms with E-state index in [1.165, 1.54) is 0 Å². The zero-order valence-electron chi connectivity index (χ0n) is 12.9.